The van der Waals surface area contributed by atoms with Crippen molar-refractivity contribution in [3.8, 4) is 0 Å². The Morgan fingerprint density at radius 2 is 2.25 bits per heavy atom. The molecule has 1 N–H and O–H groups in total. The molecule has 0 spiro atoms. The second-order valence-electron chi connectivity index (χ2n) is 2.64. The molecule has 1 atom stereocenters. The van der Waals surface area contributed by atoms with Gasteiger partial charge in [0, 0.05) is 12.6 Å². The molecular weight excluding hydrogens is 197 g/mol. The van der Waals surface area contributed by atoms with E-state index < -0.39 is 6.10 Å². The van der Waals surface area contributed by atoms with Crippen LogP contribution in [0.25, 0.3) is 0 Å². The standard InChI is InChI=1S/C8H9Cl2NO/c1-5(12)2-8-7(10)3-6(9)4-11-8/h3-5,12H,2H2,1H3. The predicted octanol–water partition coefficient (Wildman–Crippen LogP) is 2.31. The van der Waals surface area contributed by atoms with Crippen LogP contribution >= 0.6 is 23.2 Å². The Bertz CT molecular complexity index is 276. The number of hydrogen-bond acceptors (Lipinski definition) is 2. The molecule has 0 saturated heterocycles. The molecule has 1 rings (SSSR count). The molecule has 2 nitrogen and oxygen atoms in total. The molecule has 0 radical (unpaired) electrons. The van der Waals surface area contributed by atoms with Gasteiger partial charge in [-0.15, -0.1) is 0 Å². The van der Waals surface area contributed by atoms with Crippen molar-refractivity contribution in [2.75, 3.05) is 0 Å². The highest BCUT2D eigenvalue weighted by Gasteiger charge is 2.05. The van der Waals surface area contributed by atoms with E-state index in [4.69, 9.17) is 28.3 Å². The zero-order valence-corrected chi connectivity index (χ0v) is 8.10. The Kier molecular flexibility index (Phi) is 3.32. The first kappa shape index (κ1) is 9.78. The molecule has 0 bridgehead atoms. The highest BCUT2D eigenvalue weighted by atomic mass is 35.5. The maximum atomic E-state index is 9.07. The summed E-state index contributed by atoms with van der Waals surface area (Å²) in [5, 5.41) is 10.1. The van der Waals surface area contributed by atoms with Crippen LogP contribution in [-0.4, -0.2) is 16.2 Å². The average Bonchev–Trinajstić information content (AvgIpc) is 1.94. The smallest absolute Gasteiger partial charge is 0.0637 e. The van der Waals surface area contributed by atoms with Gasteiger partial charge in [0.2, 0.25) is 0 Å². The van der Waals surface area contributed by atoms with Crippen LogP contribution in [0.2, 0.25) is 10.0 Å². The van der Waals surface area contributed by atoms with Crippen molar-refractivity contribution in [3.63, 3.8) is 0 Å². The first-order chi connectivity index (χ1) is 5.59. The fourth-order valence-electron chi connectivity index (χ4n) is 0.873. The maximum Gasteiger partial charge on any atom is 0.0637 e. The molecule has 0 saturated carbocycles. The summed E-state index contributed by atoms with van der Waals surface area (Å²) >= 11 is 11.5. The molecule has 66 valence electrons. The molecule has 0 aromatic carbocycles. The monoisotopic (exact) mass is 205 g/mol. The summed E-state index contributed by atoms with van der Waals surface area (Å²) < 4.78 is 0. The second kappa shape index (κ2) is 4.08. The van der Waals surface area contributed by atoms with Crippen LogP contribution in [0.1, 0.15) is 12.6 Å². The fourth-order valence-corrected chi connectivity index (χ4v) is 1.33. The van der Waals surface area contributed by atoms with Crippen LogP contribution in [0.4, 0.5) is 0 Å². The molecular formula is C8H9Cl2NO. The molecule has 0 aliphatic carbocycles. The van der Waals surface area contributed by atoms with Crippen molar-refractivity contribution in [2.45, 2.75) is 19.4 Å². The summed E-state index contributed by atoms with van der Waals surface area (Å²) in [5.74, 6) is 0. The number of pyridine rings is 1. The van der Waals surface area contributed by atoms with Crippen LogP contribution in [0.3, 0.4) is 0 Å². The minimum absolute atomic E-state index is 0.434. The van der Waals surface area contributed by atoms with Gasteiger partial charge in [0.15, 0.2) is 0 Å². The predicted molar refractivity (Wildman–Crippen MR) is 49.6 cm³/mol. The number of nitrogens with zero attached hydrogens (tertiary/aromatic N) is 1. The molecule has 1 unspecified atom stereocenters. The first-order valence-corrected chi connectivity index (χ1v) is 4.33. The molecule has 1 aromatic rings. The molecule has 4 heteroatoms. The Morgan fingerprint density at radius 1 is 1.58 bits per heavy atom. The highest BCUT2D eigenvalue weighted by molar-refractivity contribution is 6.34. The minimum atomic E-state index is -0.434. The Balaban J connectivity index is 2.86. The lowest BCUT2D eigenvalue weighted by atomic mass is 10.2. The molecule has 0 fully saturated rings. The van der Waals surface area contributed by atoms with E-state index in [0.29, 0.717) is 22.2 Å². The van der Waals surface area contributed by atoms with E-state index >= 15 is 0 Å². The molecule has 1 aromatic heterocycles. The SMILES string of the molecule is CC(O)Cc1ncc(Cl)cc1Cl. The summed E-state index contributed by atoms with van der Waals surface area (Å²) in [6.45, 7) is 1.69. The van der Waals surface area contributed by atoms with Crippen LogP contribution < -0.4 is 0 Å². The van der Waals surface area contributed by atoms with E-state index in [9.17, 15) is 0 Å². The number of aromatic nitrogens is 1. The maximum absolute atomic E-state index is 9.07. The Hall–Kier alpha value is -0.310. The number of hydrogen-bond donors (Lipinski definition) is 1. The van der Waals surface area contributed by atoms with Crippen molar-refractivity contribution in [3.05, 3.63) is 28.0 Å². The lowest BCUT2D eigenvalue weighted by Crippen LogP contribution is -2.06. The minimum Gasteiger partial charge on any atom is -0.393 e. The fraction of sp³-hybridized carbons (Fsp3) is 0.375. The Labute approximate surface area is 81.1 Å². The van der Waals surface area contributed by atoms with Crippen molar-refractivity contribution in [1.82, 2.24) is 4.98 Å². The van der Waals surface area contributed by atoms with Crippen molar-refractivity contribution in [2.24, 2.45) is 0 Å². The number of rotatable bonds is 2. The van der Waals surface area contributed by atoms with Gasteiger partial charge in [0.25, 0.3) is 0 Å². The van der Waals surface area contributed by atoms with Gasteiger partial charge in [-0.1, -0.05) is 23.2 Å². The molecule has 0 aliphatic rings. The van der Waals surface area contributed by atoms with Crippen LogP contribution in [0, 0.1) is 0 Å². The summed E-state index contributed by atoms with van der Waals surface area (Å²) in [6.07, 6.45) is 1.54. The van der Waals surface area contributed by atoms with Gasteiger partial charge in [-0.05, 0) is 13.0 Å². The van der Waals surface area contributed by atoms with Gasteiger partial charge >= 0.3 is 0 Å². The summed E-state index contributed by atoms with van der Waals surface area (Å²) in [7, 11) is 0. The van der Waals surface area contributed by atoms with Gasteiger partial charge in [-0.2, -0.15) is 0 Å². The van der Waals surface area contributed by atoms with Crippen LogP contribution in [-0.2, 0) is 6.42 Å². The van der Waals surface area contributed by atoms with E-state index in [-0.39, 0.29) is 0 Å². The molecule has 0 amide bonds. The van der Waals surface area contributed by atoms with Crippen LogP contribution in [0.15, 0.2) is 12.3 Å². The summed E-state index contributed by atoms with van der Waals surface area (Å²) in [6, 6.07) is 1.62. The third kappa shape index (κ3) is 2.63. The van der Waals surface area contributed by atoms with Gasteiger partial charge in [0.1, 0.15) is 0 Å². The third-order valence-electron chi connectivity index (χ3n) is 1.37. The average molecular weight is 206 g/mol. The highest BCUT2D eigenvalue weighted by Crippen LogP contribution is 2.19. The zero-order chi connectivity index (χ0) is 9.14. The van der Waals surface area contributed by atoms with Crippen molar-refractivity contribution >= 4 is 23.2 Å². The van der Waals surface area contributed by atoms with Crippen molar-refractivity contribution < 1.29 is 5.11 Å². The lowest BCUT2D eigenvalue weighted by molar-refractivity contribution is 0.194. The lowest BCUT2D eigenvalue weighted by Gasteiger charge is -2.05. The van der Waals surface area contributed by atoms with E-state index in [1.165, 1.54) is 6.20 Å². The molecule has 0 aliphatic heterocycles. The summed E-state index contributed by atoms with van der Waals surface area (Å²) in [5.41, 5.74) is 0.677. The molecule has 12 heavy (non-hydrogen) atoms. The first-order valence-electron chi connectivity index (χ1n) is 3.57. The van der Waals surface area contributed by atoms with Gasteiger partial charge < -0.3 is 5.11 Å². The number of aliphatic hydroxyl groups is 1. The zero-order valence-electron chi connectivity index (χ0n) is 6.59. The normalized spacial score (nSPS) is 13.0. The Morgan fingerprint density at radius 3 is 2.75 bits per heavy atom. The van der Waals surface area contributed by atoms with Crippen LogP contribution in [0.5, 0.6) is 0 Å². The largest absolute Gasteiger partial charge is 0.393 e. The van der Waals surface area contributed by atoms with Crippen molar-refractivity contribution in [1.29, 1.82) is 0 Å². The quantitative estimate of drug-likeness (QED) is 0.805. The van der Waals surface area contributed by atoms with Gasteiger partial charge in [-0.25, -0.2) is 0 Å². The van der Waals surface area contributed by atoms with E-state index in [0.717, 1.165) is 0 Å². The van der Waals surface area contributed by atoms with E-state index in [2.05, 4.69) is 4.98 Å². The topological polar surface area (TPSA) is 33.1 Å². The second-order valence-corrected chi connectivity index (χ2v) is 3.48. The van der Waals surface area contributed by atoms with Gasteiger partial charge in [-0.3, -0.25) is 4.98 Å². The van der Waals surface area contributed by atoms with E-state index in [1.807, 2.05) is 0 Å². The van der Waals surface area contributed by atoms with E-state index in [1.54, 1.807) is 13.0 Å². The number of halogens is 2. The van der Waals surface area contributed by atoms with Gasteiger partial charge in [0.05, 0.1) is 21.8 Å². The third-order valence-corrected chi connectivity index (χ3v) is 1.91. The number of aliphatic hydroxyl groups excluding tert-OH is 1. The molecule has 1 heterocycles. The summed E-state index contributed by atoms with van der Waals surface area (Å²) in [4.78, 5) is 3.99.